The van der Waals surface area contributed by atoms with Gasteiger partial charge in [-0.3, -0.25) is 4.98 Å². The first-order valence-electron chi connectivity index (χ1n) is 5.73. The highest BCUT2D eigenvalue weighted by Gasteiger charge is 2.07. The second-order valence-electron chi connectivity index (χ2n) is 3.77. The molecule has 0 fully saturated rings. The molecule has 1 aromatic heterocycles. The first-order chi connectivity index (χ1) is 8.85. The number of pyridine rings is 1. The van der Waals surface area contributed by atoms with Crippen molar-refractivity contribution in [1.82, 2.24) is 10.3 Å². The maximum atomic E-state index is 5.88. The highest BCUT2D eigenvalue weighted by Crippen LogP contribution is 2.32. The third-order valence-electron chi connectivity index (χ3n) is 2.52. The van der Waals surface area contributed by atoms with Gasteiger partial charge >= 0.3 is 0 Å². The normalized spacial score (nSPS) is 10.1. The Hall–Kier alpha value is -2.07. The molecule has 0 aliphatic heterocycles. The van der Waals surface area contributed by atoms with E-state index in [-0.39, 0.29) is 0 Å². The molecule has 0 atom stereocenters. The van der Waals surface area contributed by atoms with E-state index < -0.39 is 0 Å². The lowest BCUT2D eigenvalue weighted by atomic mass is 10.2. The van der Waals surface area contributed by atoms with E-state index in [0.29, 0.717) is 18.0 Å². The maximum Gasteiger partial charge on any atom is 0.169 e. The second-order valence-corrected chi connectivity index (χ2v) is 3.77. The van der Waals surface area contributed by atoms with Crippen molar-refractivity contribution >= 4 is 0 Å². The topological polar surface area (TPSA) is 43.4 Å². The van der Waals surface area contributed by atoms with Crippen molar-refractivity contribution in [2.75, 3.05) is 14.2 Å². The summed E-state index contributed by atoms with van der Waals surface area (Å²) >= 11 is 0. The number of benzene rings is 1. The quantitative estimate of drug-likeness (QED) is 0.878. The van der Waals surface area contributed by atoms with Gasteiger partial charge in [0, 0.05) is 24.5 Å². The van der Waals surface area contributed by atoms with E-state index in [0.717, 1.165) is 11.3 Å². The Morgan fingerprint density at radius 1 is 1.11 bits per heavy atom. The highest BCUT2D eigenvalue weighted by molar-refractivity contribution is 5.44. The Morgan fingerprint density at radius 3 is 2.61 bits per heavy atom. The zero-order valence-corrected chi connectivity index (χ0v) is 10.5. The first-order valence-corrected chi connectivity index (χ1v) is 5.73. The van der Waals surface area contributed by atoms with Crippen LogP contribution in [-0.4, -0.2) is 19.1 Å². The van der Waals surface area contributed by atoms with Gasteiger partial charge in [0.05, 0.1) is 7.11 Å². The number of nitrogens with one attached hydrogen (secondary N) is 1. The lowest BCUT2D eigenvalue weighted by molar-refractivity contribution is 0.377. The molecule has 0 radical (unpaired) electrons. The number of rotatable bonds is 5. The molecule has 94 valence electrons. The maximum absolute atomic E-state index is 5.88. The zero-order valence-electron chi connectivity index (χ0n) is 10.5. The standard InChI is InChI=1S/C14H16N2O2/c1-15-9-11-10-16-8-7-12(11)18-14-6-4-3-5-13(14)17-2/h3-8,10,15H,9H2,1-2H3. The van der Waals surface area contributed by atoms with Crippen molar-refractivity contribution in [3.05, 3.63) is 48.3 Å². The summed E-state index contributed by atoms with van der Waals surface area (Å²) in [6.45, 7) is 0.707. The van der Waals surface area contributed by atoms with Crippen molar-refractivity contribution in [1.29, 1.82) is 0 Å². The van der Waals surface area contributed by atoms with E-state index in [1.807, 2.05) is 37.4 Å². The monoisotopic (exact) mass is 244 g/mol. The molecule has 0 bridgehead atoms. The fraction of sp³-hybridized carbons (Fsp3) is 0.214. The fourth-order valence-electron chi connectivity index (χ4n) is 1.66. The predicted molar refractivity (Wildman–Crippen MR) is 70.1 cm³/mol. The van der Waals surface area contributed by atoms with Crippen molar-refractivity contribution in [3.8, 4) is 17.2 Å². The number of para-hydroxylation sites is 2. The van der Waals surface area contributed by atoms with Crippen LogP contribution < -0.4 is 14.8 Å². The lowest BCUT2D eigenvalue weighted by Gasteiger charge is -2.12. The summed E-state index contributed by atoms with van der Waals surface area (Å²) in [7, 11) is 3.52. The van der Waals surface area contributed by atoms with Crippen LogP contribution in [0, 0.1) is 0 Å². The van der Waals surface area contributed by atoms with Crippen molar-refractivity contribution in [2.45, 2.75) is 6.54 Å². The summed E-state index contributed by atoms with van der Waals surface area (Å²) in [6.07, 6.45) is 3.51. The van der Waals surface area contributed by atoms with Crippen LogP contribution in [0.5, 0.6) is 17.2 Å². The molecule has 0 amide bonds. The van der Waals surface area contributed by atoms with Gasteiger partial charge in [0.15, 0.2) is 11.5 Å². The van der Waals surface area contributed by atoms with E-state index in [1.54, 1.807) is 19.5 Å². The molecule has 4 heteroatoms. The van der Waals surface area contributed by atoms with Gasteiger partial charge in [-0.15, -0.1) is 0 Å². The minimum atomic E-state index is 0.698. The van der Waals surface area contributed by atoms with E-state index in [1.165, 1.54) is 0 Å². The van der Waals surface area contributed by atoms with Crippen LogP contribution in [0.4, 0.5) is 0 Å². The summed E-state index contributed by atoms with van der Waals surface area (Å²) in [5.41, 5.74) is 1.01. The molecule has 0 saturated carbocycles. The molecular formula is C14H16N2O2. The average Bonchev–Trinajstić information content (AvgIpc) is 2.42. The molecule has 1 N–H and O–H groups in total. The number of methoxy groups -OCH3 is 1. The van der Waals surface area contributed by atoms with Crippen LogP contribution in [0.3, 0.4) is 0 Å². The zero-order chi connectivity index (χ0) is 12.8. The minimum Gasteiger partial charge on any atom is -0.493 e. The molecule has 0 spiro atoms. The fourth-order valence-corrected chi connectivity index (χ4v) is 1.66. The van der Waals surface area contributed by atoms with Crippen LogP contribution in [0.25, 0.3) is 0 Å². The molecule has 18 heavy (non-hydrogen) atoms. The van der Waals surface area contributed by atoms with Crippen LogP contribution >= 0.6 is 0 Å². The van der Waals surface area contributed by atoms with Gasteiger partial charge in [0.1, 0.15) is 5.75 Å². The third-order valence-corrected chi connectivity index (χ3v) is 2.52. The number of aromatic nitrogens is 1. The number of nitrogens with zero attached hydrogens (tertiary/aromatic N) is 1. The van der Waals surface area contributed by atoms with Gasteiger partial charge in [-0.25, -0.2) is 0 Å². The molecule has 1 heterocycles. The summed E-state index contributed by atoms with van der Waals surface area (Å²) < 4.78 is 11.1. The van der Waals surface area contributed by atoms with Gasteiger partial charge in [-0.2, -0.15) is 0 Å². The van der Waals surface area contributed by atoms with Crippen molar-refractivity contribution < 1.29 is 9.47 Å². The van der Waals surface area contributed by atoms with Crippen LogP contribution in [0.2, 0.25) is 0 Å². The summed E-state index contributed by atoms with van der Waals surface area (Å²) in [4.78, 5) is 4.10. The molecule has 0 aliphatic rings. The van der Waals surface area contributed by atoms with Gasteiger partial charge in [-0.1, -0.05) is 12.1 Å². The van der Waals surface area contributed by atoms with Gasteiger partial charge < -0.3 is 14.8 Å². The highest BCUT2D eigenvalue weighted by atomic mass is 16.5. The van der Waals surface area contributed by atoms with E-state index in [4.69, 9.17) is 9.47 Å². The molecule has 1 aromatic carbocycles. The van der Waals surface area contributed by atoms with Crippen LogP contribution in [0.1, 0.15) is 5.56 Å². The van der Waals surface area contributed by atoms with Crippen molar-refractivity contribution in [3.63, 3.8) is 0 Å². The number of hydrogen-bond donors (Lipinski definition) is 1. The number of ether oxygens (including phenoxy) is 2. The Morgan fingerprint density at radius 2 is 1.89 bits per heavy atom. The Kier molecular flexibility index (Phi) is 4.15. The van der Waals surface area contributed by atoms with Crippen molar-refractivity contribution in [2.24, 2.45) is 0 Å². The van der Waals surface area contributed by atoms with Crippen LogP contribution in [-0.2, 0) is 6.54 Å². The van der Waals surface area contributed by atoms with Gasteiger partial charge in [-0.05, 0) is 25.2 Å². The van der Waals surface area contributed by atoms with E-state index in [9.17, 15) is 0 Å². The molecule has 0 unspecified atom stereocenters. The summed E-state index contributed by atoms with van der Waals surface area (Å²) in [5.74, 6) is 2.19. The Labute approximate surface area is 107 Å². The molecular weight excluding hydrogens is 228 g/mol. The van der Waals surface area contributed by atoms with Crippen LogP contribution in [0.15, 0.2) is 42.7 Å². The average molecular weight is 244 g/mol. The first kappa shape index (κ1) is 12.4. The van der Waals surface area contributed by atoms with E-state index >= 15 is 0 Å². The molecule has 2 rings (SSSR count). The van der Waals surface area contributed by atoms with E-state index in [2.05, 4.69) is 10.3 Å². The smallest absolute Gasteiger partial charge is 0.169 e. The summed E-state index contributed by atoms with van der Waals surface area (Å²) in [6, 6.07) is 9.42. The molecule has 0 aliphatic carbocycles. The SMILES string of the molecule is CNCc1cnccc1Oc1ccccc1OC. The lowest BCUT2D eigenvalue weighted by Crippen LogP contribution is -2.06. The molecule has 0 saturated heterocycles. The Bertz CT molecular complexity index is 515. The number of hydrogen-bond acceptors (Lipinski definition) is 4. The molecule has 4 nitrogen and oxygen atoms in total. The predicted octanol–water partition coefficient (Wildman–Crippen LogP) is 2.60. The molecule has 2 aromatic rings. The Balaban J connectivity index is 2.28. The van der Waals surface area contributed by atoms with Gasteiger partial charge in [0.2, 0.25) is 0 Å². The summed E-state index contributed by atoms with van der Waals surface area (Å²) in [5, 5.41) is 3.09. The second kappa shape index (κ2) is 6.02. The minimum absolute atomic E-state index is 0.698. The van der Waals surface area contributed by atoms with Gasteiger partial charge in [0.25, 0.3) is 0 Å². The largest absolute Gasteiger partial charge is 0.493 e. The third kappa shape index (κ3) is 2.78.